The molecule has 1 fully saturated rings. The summed E-state index contributed by atoms with van der Waals surface area (Å²) in [5.74, 6) is -0.00976. The normalized spacial score (nSPS) is 17.1. The number of benzene rings is 1. The number of carbonyl (C=O) groups is 2. The van der Waals surface area contributed by atoms with Gasteiger partial charge in [-0.2, -0.15) is 0 Å². The van der Waals surface area contributed by atoms with Crippen LogP contribution in [0.3, 0.4) is 0 Å². The molecular weight excluding hydrogens is 304 g/mol. The summed E-state index contributed by atoms with van der Waals surface area (Å²) in [7, 11) is 0. The van der Waals surface area contributed by atoms with Crippen molar-refractivity contribution in [2.24, 2.45) is 11.7 Å². The van der Waals surface area contributed by atoms with E-state index in [1.807, 2.05) is 19.1 Å². The first-order chi connectivity index (χ1) is 10.4. The van der Waals surface area contributed by atoms with Crippen LogP contribution >= 0.6 is 11.6 Å². The fraction of sp³-hybridized carbons (Fsp3) is 0.500. The van der Waals surface area contributed by atoms with E-state index in [9.17, 15) is 9.59 Å². The van der Waals surface area contributed by atoms with Crippen LogP contribution in [0.4, 0.5) is 0 Å². The lowest BCUT2D eigenvalue weighted by Gasteiger charge is -2.32. The van der Waals surface area contributed by atoms with Crippen molar-refractivity contribution >= 4 is 23.4 Å². The second-order valence-corrected chi connectivity index (χ2v) is 6.10. The van der Waals surface area contributed by atoms with E-state index in [1.165, 1.54) is 0 Å². The number of hydrogen-bond donors (Lipinski definition) is 1. The number of halogens is 1. The first-order valence-electron chi connectivity index (χ1n) is 7.39. The van der Waals surface area contributed by atoms with Crippen molar-refractivity contribution in [3.63, 3.8) is 0 Å². The minimum Gasteiger partial charge on any atom is -0.479 e. The van der Waals surface area contributed by atoms with Crippen molar-refractivity contribution in [2.75, 3.05) is 13.1 Å². The van der Waals surface area contributed by atoms with E-state index in [1.54, 1.807) is 17.9 Å². The number of nitrogens with two attached hydrogens (primary N) is 1. The molecule has 0 spiro atoms. The summed E-state index contributed by atoms with van der Waals surface area (Å²) in [6, 6.07) is 5.45. The van der Waals surface area contributed by atoms with Crippen LogP contribution in [0, 0.1) is 12.8 Å². The zero-order valence-electron chi connectivity index (χ0n) is 12.8. The third-order valence-corrected chi connectivity index (χ3v) is 4.26. The molecule has 1 aromatic carbocycles. The summed E-state index contributed by atoms with van der Waals surface area (Å²) in [4.78, 5) is 25.3. The maximum Gasteiger partial charge on any atom is 0.263 e. The van der Waals surface area contributed by atoms with Crippen molar-refractivity contribution in [2.45, 2.75) is 32.8 Å². The van der Waals surface area contributed by atoms with Crippen molar-refractivity contribution in [3.05, 3.63) is 28.8 Å². The van der Waals surface area contributed by atoms with Crippen molar-refractivity contribution in [3.8, 4) is 5.75 Å². The molecule has 1 aliphatic heterocycles. The molecule has 1 heterocycles. The second-order valence-electron chi connectivity index (χ2n) is 5.70. The molecule has 0 aliphatic carbocycles. The summed E-state index contributed by atoms with van der Waals surface area (Å²) >= 11 is 6.08. The van der Waals surface area contributed by atoms with Crippen LogP contribution in [-0.2, 0) is 9.59 Å². The number of hydrogen-bond acceptors (Lipinski definition) is 3. The highest BCUT2D eigenvalue weighted by molar-refractivity contribution is 6.32. The van der Waals surface area contributed by atoms with Crippen LogP contribution in [0.5, 0.6) is 5.75 Å². The van der Waals surface area contributed by atoms with Crippen LogP contribution in [0.1, 0.15) is 25.3 Å². The number of nitrogens with zero attached hydrogens (tertiary/aromatic N) is 1. The first kappa shape index (κ1) is 16.6. The number of amides is 2. The van der Waals surface area contributed by atoms with Gasteiger partial charge in [-0.05, 0) is 44.4 Å². The SMILES string of the molecule is Cc1ccc(Cl)c(O[C@H](C)C(=O)N2CCC(C(N)=O)CC2)c1. The number of piperidine rings is 1. The Bertz CT molecular complexity index is 569. The Labute approximate surface area is 135 Å². The second kappa shape index (κ2) is 7.01. The lowest BCUT2D eigenvalue weighted by molar-refractivity contribution is -0.140. The smallest absolute Gasteiger partial charge is 0.263 e. The average Bonchev–Trinajstić information content (AvgIpc) is 2.50. The largest absolute Gasteiger partial charge is 0.479 e. The molecule has 0 radical (unpaired) electrons. The van der Waals surface area contributed by atoms with Gasteiger partial charge in [-0.3, -0.25) is 9.59 Å². The van der Waals surface area contributed by atoms with E-state index >= 15 is 0 Å². The Balaban J connectivity index is 1.95. The van der Waals surface area contributed by atoms with Crippen LogP contribution in [0.25, 0.3) is 0 Å². The molecule has 1 atom stereocenters. The summed E-state index contributed by atoms with van der Waals surface area (Å²) in [6.07, 6.45) is 0.599. The molecule has 0 saturated carbocycles. The van der Waals surface area contributed by atoms with Gasteiger partial charge in [0.1, 0.15) is 5.75 Å². The molecule has 120 valence electrons. The summed E-state index contributed by atoms with van der Waals surface area (Å²) < 4.78 is 5.70. The van der Waals surface area contributed by atoms with E-state index < -0.39 is 6.10 Å². The highest BCUT2D eigenvalue weighted by Gasteiger charge is 2.29. The Morgan fingerprint density at radius 3 is 2.59 bits per heavy atom. The van der Waals surface area contributed by atoms with E-state index in [0.717, 1.165) is 5.56 Å². The zero-order chi connectivity index (χ0) is 16.3. The van der Waals surface area contributed by atoms with Gasteiger partial charge in [-0.25, -0.2) is 0 Å². The Kier molecular flexibility index (Phi) is 5.29. The Hall–Kier alpha value is -1.75. The van der Waals surface area contributed by atoms with Gasteiger partial charge in [0.15, 0.2) is 6.10 Å². The van der Waals surface area contributed by atoms with E-state index in [4.69, 9.17) is 22.1 Å². The summed E-state index contributed by atoms with van der Waals surface area (Å²) in [5, 5.41) is 0.484. The zero-order valence-corrected chi connectivity index (χ0v) is 13.6. The number of carbonyl (C=O) groups excluding carboxylic acids is 2. The molecule has 6 heteroatoms. The van der Waals surface area contributed by atoms with Gasteiger partial charge in [0, 0.05) is 19.0 Å². The van der Waals surface area contributed by atoms with E-state index in [2.05, 4.69) is 0 Å². The summed E-state index contributed by atoms with van der Waals surface area (Å²) in [6.45, 7) is 4.70. The standard InChI is InChI=1S/C16H21ClN2O3/c1-10-3-4-13(17)14(9-10)22-11(2)16(21)19-7-5-12(6-8-19)15(18)20/h3-4,9,11-12H,5-8H2,1-2H3,(H2,18,20)/t11-/m1/s1. The third-order valence-electron chi connectivity index (χ3n) is 3.95. The lowest BCUT2D eigenvalue weighted by atomic mass is 9.96. The monoisotopic (exact) mass is 324 g/mol. The minimum absolute atomic E-state index is 0.0968. The van der Waals surface area contributed by atoms with Gasteiger partial charge in [-0.1, -0.05) is 17.7 Å². The average molecular weight is 325 g/mol. The number of ether oxygens (including phenoxy) is 1. The maximum atomic E-state index is 12.4. The van der Waals surface area contributed by atoms with Crippen LogP contribution in [0.2, 0.25) is 5.02 Å². The molecule has 22 heavy (non-hydrogen) atoms. The molecule has 1 aliphatic rings. The van der Waals surface area contributed by atoms with Gasteiger partial charge in [0.2, 0.25) is 5.91 Å². The molecule has 5 nitrogen and oxygen atoms in total. The summed E-state index contributed by atoms with van der Waals surface area (Å²) in [5.41, 5.74) is 6.31. The number of likely N-dealkylation sites (tertiary alicyclic amines) is 1. The van der Waals surface area contributed by atoms with Crippen LogP contribution in [0.15, 0.2) is 18.2 Å². The molecule has 2 N–H and O–H groups in total. The highest BCUT2D eigenvalue weighted by Crippen LogP contribution is 2.27. The predicted molar refractivity (Wildman–Crippen MR) is 84.8 cm³/mol. The topological polar surface area (TPSA) is 72.6 Å². The molecule has 0 aromatic heterocycles. The van der Waals surface area contributed by atoms with E-state index in [0.29, 0.717) is 36.7 Å². The van der Waals surface area contributed by atoms with Crippen LogP contribution < -0.4 is 10.5 Å². The first-order valence-corrected chi connectivity index (χ1v) is 7.77. The van der Waals surface area contributed by atoms with Gasteiger partial charge in [0.05, 0.1) is 5.02 Å². The molecule has 1 saturated heterocycles. The number of primary amides is 1. The maximum absolute atomic E-state index is 12.4. The van der Waals surface area contributed by atoms with Gasteiger partial charge >= 0.3 is 0 Å². The molecule has 2 rings (SSSR count). The van der Waals surface area contributed by atoms with Crippen molar-refractivity contribution in [1.82, 2.24) is 4.90 Å². The number of aryl methyl sites for hydroxylation is 1. The van der Waals surface area contributed by atoms with Crippen LogP contribution in [-0.4, -0.2) is 35.9 Å². The predicted octanol–water partition coefficient (Wildman–Crippen LogP) is 2.14. The number of rotatable bonds is 4. The van der Waals surface area contributed by atoms with Crippen molar-refractivity contribution < 1.29 is 14.3 Å². The van der Waals surface area contributed by atoms with Gasteiger partial charge in [0.25, 0.3) is 5.91 Å². The molecule has 2 amide bonds. The van der Waals surface area contributed by atoms with Gasteiger partial charge < -0.3 is 15.4 Å². The van der Waals surface area contributed by atoms with Crippen molar-refractivity contribution in [1.29, 1.82) is 0 Å². The Morgan fingerprint density at radius 2 is 2.00 bits per heavy atom. The quantitative estimate of drug-likeness (QED) is 0.922. The fourth-order valence-electron chi connectivity index (χ4n) is 2.58. The lowest BCUT2D eigenvalue weighted by Crippen LogP contribution is -2.46. The molecule has 1 aromatic rings. The highest BCUT2D eigenvalue weighted by atomic mass is 35.5. The van der Waals surface area contributed by atoms with E-state index in [-0.39, 0.29) is 17.7 Å². The Morgan fingerprint density at radius 1 is 1.36 bits per heavy atom. The molecule has 0 unspecified atom stereocenters. The minimum atomic E-state index is -0.621. The fourth-order valence-corrected chi connectivity index (χ4v) is 2.75. The molecular formula is C16H21ClN2O3. The third kappa shape index (κ3) is 3.91. The molecule has 0 bridgehead atoms. The van der Waals surface area contributed by atoms with Gasteiger partial charge in [-0.15, -0.1) is 0 Å².